The van der Waals surface area contributed by atoms with Crippen LogP contribution in [-0.2, 0) is 14.8 Å². The zero-order valence-electron chi connectivity index (χ0n) is 16.8. The van der Waals surface area contributed by atoms with E-state index in [9.17, 15) is 22.4 Å². The summed E-state index contributed by atoms with van der Waals surface area (Å²) in [6.07, 6.45) is 2.49. The van der Waals surface area contributed by atoms with Crippen LogP contribution in [0.4, 0.5) is 4.39 Å². The Kier molecular flexibility index (Phi) is 5.63. The van der Waals surface area contributed by atoms with Gasteiger partial charge < -0.3 is 4.74 Å². The van der Waals surface area contributed by atoms with E-state index in [1.54, 1.807) is 24.3 Å². The van der Waals surface area contributed by atoms with Crippen LogP contribution in [0.5, 0.6) is 0 Å². The summed E-state index contributed by atoms with van der Waals surface area (Å²) >= 11 is 0. The summed E-state index contributed by atoms with van der Waals surface area (Å²) in [5.74, 6) is -1.94. The van der Waals surface area contributed by atoms with Crippen molar-refractivity contribution in [2.24, 2.45) is 5.92 Å². The van der Waals surface area contributed by atoms with Gasteiger partial charge in [-0.1, -0.05) is 18.2 Å². The first-order valence-electron chi connectivity index (χ1n) is 9.81. The fourth-order valence-corrected chi connectivity index (χ4v) is 5.47. The van der Waals surface area contributed by atoms with Crippen LogP contribution in [-0.4, -0.2) is 49.4 Å². The number of fused-ring (bicyclic) bond motifs is 1. The number of hydrogen-bond donors (Lipinski definition) is 0. The Morgan fingerprint density at radius 2 is 1.81 bits per heavy atom. The molecule has 162 valence electrons. The van der Waals surface area contributed by atoms with Crippen LogP contribution in [0.2, 0.25) is 0 Å². The first kappa shape index (κ1) is 21.2. The monoisotopic (exact) mass is 444 g/mol. The number of sulfonamides is 1. The van der Waals surface area contributed by atoms with Crippen LogP contribution in [0.3, 0.4) is 0 Å². The first-order valence-corrected chi connectivity index (χ1v) is 11.3. The lowest BCUT2D eigenvalue weighted by atomic mass is 9.98. The quantitative estimate of drug-likeness (QED) is 0.577. The van der Waals surface area contributed by atoms with Gasteiger partial charge in [0, 0.05) is 24.7 Å². The predicted octanol–water partition coefficient (Wildman–Crippen LogP) is 3.31. The van der Waals surface area contributed by atoms with Gasteiger partial charge in [0.25, 0.3) is 0 Å². The number of para-hydroxylation sites is 1. The largest absolute Gasteiger partial charge is 0.465 e. The van der Waals surface area contributed by atoms with Crippen molar-refractivity contribution in [1.82, 2.24) is 8.87 Å². The molecule has 1 fully saturated rings. The summed E-state index contributed by atoms with van der Waals surface area (Å²) in [5, 5.41) is 0.592. The second-order valence-corrected chi connectivity index (χ2v) is 9.35. The summed E-state index contributed by atoms with van der Waals surface area (Å²) in [5.41, 5.74) is 0.837. The summed E-state index contributed by atoms with van der Waals surface area (Å²) in [6.45, 7) is 0.294. The number of nitrogens with zero attached hydrogens (tertiary/aromatic N) is 2. The molecule has 2 aromatic carbocycles. The minimum Gasteiger partial charge on any atom is -0.465 e. The molecule has 3 aromatic rings. The lowest BCUT2D eigenvalue weighted by molar-refractivity contribution is 0.0603. The molecule has 0 saturated carbocycles. The molecule has 1 aliphatic rings. The second-order valence-electron chi connectivity index (χ2n) is 7.42. The predicted molar refractivity (Wildman–Crippen MR) is 112 cm³/mol. The lowest BCUT2D eigenvalue weighted by Gasteiger charge is -2.31. The van der Waals surface area contributed by atoms with Gasteiger partial charge in [-0.25, -0.2) is 17.6 Å². The number of esters is 1. The van der Waals surface area contributed by atoms with Gasteiger partial charge in [0.05, 0.1) is 29.0 Å². The van der Waals surface area contributed by atoms with Gasteiger partial charge in [0.15, 0.2) is 0 Å². The van der Waals surface area contributed by atoms with E-state index in [1.807, 2.05) is 0 Å². The van der Waals surface area contributed by atoms with Gasteiger partial charge in [0.2, 0.25) is 15.9 Å². The molecule has 7 nitrogen and oxygen atoms in total. The Labute approximate surface area is 179 Å². The van der Waals surface area contributed by atoms with Crippen LogP contribution >= 0.6 is 0 Å². The maximum absolute atomic E-state index is 13.3. The Bertz CT molecular complexity index is 1250. The number of carbonyl (C=O) groups excluding carboxylic acids is 2. The van der Waals surface area contributed by atoms with Crippen molar-refractivity contribution in [2.75, 3.05) is 20.2 Å². The Morgan fingerprint density at radius 3 is 2.52 bits per heavy atom. The van der Waals surface area contributed by atoms with Crippen molar-refractivity contribution in [3.05, 3.63) is 66.1 Å². The number of aromatic nitrogens is 1. The average Bonchev–Trinajstić information content (AvgIpc) is 3.18. The zero-order valence-corrected chi connectivity index (χ0v) is 17.6. The molecular weight excluding hydrogens is 423 g/mol. The third-order valence-corrected chi connectivity index (χ3v) is 7.42. The molecule has 0 spiro atoms. The molecule has 0 bridgehead atoms. The van der Waals surface area contributed by atoms with Crippen LogP contribution in [0.15, 0.2) is 59.6 Å². The van der Waals surface area contributed by atoms with Crippen LogP contribution in [0.1, 0.15) is 28.0 Å². The Hall–Kier alpha value is -3.04. The summed E-state index contributed by atoms with van der Waals surface area (Å²) in [4.78, 5) is 25.5. The highest BCUT2D eigenvalue weighted by molar-refractivity contribution is 7.89. The summed E-state index contributed by atoms with van der Waals surface area (Å²) in [7, 11) is -2.58. The van der Waals surface area contributed by atoms with Crippen molar-refractivity contribution in [2.45, 2.75) is 17.7 Å². The SMILES string of the molecule is COC(=O)c1cn(C(=O)[C@@H]2CCCN(S(=O)(=O)c3ccc(F)cc3)C2)c2ccccc12. The molecule has 1 aromatic heterocycles. The maximum Gasteiger partial charge on any atom is 0.340 e. The summed E-state index contributed by atoms with van der Waals surface area (Å²) < 4.78 is 46.6. The van der Waals surface area contributed by atoms with Gasteiger partial charge in [-0.15, -0.1) is 0 Å². The van der Waals surface area contributed by atoms with E-state index in [1.165, 1.54) is 34.3 Å². The number of benzene rings is 2. The third-order valence-electron chi connectivity index (χ3n) is 5.54. The number of rotatable bonds is 4. The van der Waals surface area contributed by atoms with Gasteiger partial charge in [-0.05, 0) is 43.2 Å². The van der Waals surface area contributed by atoms with Crippen molar-refractivity contribution in [3.8, 4) is 0 Å². The van der Waals surface area contributed by atoms with E-state index >= 15 is 0 Å². The van der Waals surface area contributed by atoms with E-state index in [0.717, 1.165) is 12.1 Å². The molecule has 31 heavy (non-hydrogen) atoms. The average molecular weight is 444 g/mol. The highest BCUT2D eigenvalue weighted by atomic mass is 32.2. The number of hydrogen-bond acceptors (Lipinski definition) is 5. The molecule has 1 aliphatic heterocycles. The molecule has 0 aliphatic carbocycles. The van der Waals surface area contributed by atoms with Gasteiger partial charge in [-0.3, -0.25) is 9.36 Å². The molecule has 1 atom stereocenters. The summed E-state index contributed by atoms with van der Waals surface area (Å²) in [6, 6.07) is 11.6. The smallest absolute Gasteiger partial charge is 0.340 e. The topological polar surface area (TPSA) is 85.7 Å². The van der Waals surface area contributed by atoms with Crippen molar-refractivity contribution in [3.63, 3.8) is 0 Å². The Morgan fingerprint density at radius 1 is 1.10 bits per heavy atom. The Balaban J connectivity index is 1.64. The zero-order chi connectivity index (χ0) is 22.2. The van der Waals surface area contributed by atoms with E-state index < -0.39 is 27.7 Å². The molecule has 1 saturated heterocycles. The first-order chi connectivity index (χ1) is 14.8. The molecule has 0 radical (unpaired) electrons. The van der Waals surface area contributed by atoms with Crippen molar-refractivity contribution < 1.29 is 27.1 Å². The normalized spacial score (nSPS) is 17.5. The van der Waals surface area contributed by atoms with E-state index in [2.05, 4.69) is 0 Å². The molecule has 0 N–H and O–H groups in total. The van der Waals surface area contributed by atoms with Crippen molar-refractivity contribution in [1.29, 1.82) is 0 Å². The number of halogens is 1. The standard InChI is InChI=1S/C22H21FN2O5S/c1-30-22(27)19-14-25(20-7-3-2-6-18(19)20)21(26)15-5-4-12-24(13-15)31(28,29)17-10-8-16(23)9-11-17/h2-3,6-11,14-15H,4-5,12-13H2,1H3/t15-/m1/s1. The van der Waals surface area contributed by atoms with E-state index in [-0.39, 0.29) is 29.5 Å². The molecule has 0 amide bonds. The van der Waals surface area contributed by atoms with Crippen molar-refractivity contribution >= 4 is 32.8 Å². The highest BCUT2D eigenvalue weighted by Gasteiger charge is 2.34. The van der Waals surface area contributed by atoms with Crippen LogP contribution < -0.4 is 0 Å². The minimum atomic E-state index is -3.85. The number of carbonyl (C=O) groups is 2. The maximum atomic E-state index is 13.3. The second kappa shape index (κ2) is 8.24. The minimum absolute atomic E-state index is 0.0125. The van der Waals surface area contributed by atoms with Crippen LogP contribution in [0.25, 0.3) is 10.9 Å². The van der Waals surface area contributed by atoms with E-state index in [4.69, 9.17) is 4.74 Å². The fourth-order valence-electron chi connectivity index (χ4n) is 3.95. The fraction of sp³-hybridized carbons (Fsp3) is 0.273. The van der Waals surface area contributed by atoms with Gasteiger partial charge in [-0.2, -0.15) is 4.31 Å². The number of ether oxygens (including phenoxy) is 1. The highest BCUT2D eigenvalue weighted by Crippen LogP contribution is 2.28. The van der Waals surface area contributed by atoms with Gasteiger partial charge in [0.1, 0.15) is 5.82 Å². The molecule has 0 unspecified atom stereocenters. The van der Waals surface area contributed by atoms with Crippen LogP contribution in [0, 0.1) is 11.7 Å². The molecule has 2 heterocycles. The molecule has 4 rings (SSSR count). The number of methoxy groups -OCH3 is 1. The number of piperidine rings is 1. The van der Waals surface area contributed by atoms with Gasteiger partial charge >= 0.3 is 5.97 Å². The molecule has 9 heteroatoms. The third kappa shape index (κ3) is 3.86. The van der Waals surface area contributed by atoms with E-state index in [0.29, 0.717) is 23.7 Å². The lowest BCUT2D eigenvalue weighted by Crippen LogP contribution is -2.43. The molecular formula is C22H21FN2O5S.